The second-order valence-corrected chi connectivity index (χ2v) is 8.18. The van der Waals surface area contributed by atoms with Gasteiger partial charge in [-0.15, -0.1) is 11.3 Å². The molecule has 27 heavy (non-hydrogen) atoms. The van der Waals surface area contributed by atoms with Gasteiger partial charge >= 0.3 is 5.97 Å². The molecule has 140 valence electrons. The van der Waals surface area contributed by atoms with Gasteiger partial charge in [-0.05, 0) is 30.5 Å². The molecule has 2 fully saturated rings. The first-order chi connectivity index (χ1) is 13.0. The van der Waals surface area contributed by atoms with Gasteiger partial charge < -0.3 is 15.3 Å². The minimum absolute atomic E-state index is 0.00658. The predicted octanol–water partition coefficient (Wildman–Crippen LogP) is 3.04. The van der Waals surface area contributed by atoms with Crippen molar-refractivity contribution in [3.05, 3.63) is 52.9 Å². The molecule has 0 radical (unpaired) electrons. The molecule has 2 heterocycles. The third kappa shape index (κ3) is 3.73. The summed E-state index contributed by atoms with van der Waals surface area (Å²) in [6, 6.07) is 12.9. The quantitative estimate of drug-likeness (QED) is 0.830. The molecule has 0 spiro atoms. The number of nitrogens with one attached hydrogen (secondary N) is 1. The molecular formula is C20H20N2O4S. The Morgan fingerprint density at radius 3 is 2.44 bits per heavy atom. The van der Waals surface area contributed by atoms with Gasteiger partial charge in [-0.3, -0.25) is 14.4 Å². The van der Waals surface area contributed by atoms with Gasteiger partial charge in [0.2, 0.25) is 5.91 Å². The SMILES string of the molecule is O=C(Nc1ccc(C(=O)N2C[C@@H](C(=O)O)[C@H](c3ccccc3)C2)s1)C1CC1. The average Bonchev–Trinajstić information content (AvgIpc) is 3.26. The van der Waals surface area contributed by atoms with Crippen molar-refractivity contribution in [3.8, 4) is 0 Å². The first kappa shape index (κ1) is 17.7. The number of likely N-dealkylation sites (tertiary alicyclic amines) is 1. The normalized spacial score (nSPS) is 21.9. The number of hydrogen-bond donors (Lipinski definition) is 2. The number of hydrogen-bond acceptors (Lipinski definition) is 4. The van der Waals surface area contributed by atoms with Crippen LogP contribution in [0.3, 0.4) is 0 Å². The minimum Gasteiger partial charge on any atom is -0.481 e. The zero-order valence-corrected chi connectivity index (χ0v) is 15.4. The number of amides is 2. The fraction of sp³-hybridized carbons (Fsp3) is 0.350. The summed E-state index contributed by atoms with van der Waals surface area (Å²) in [5.74, 6) is -1.80. The third-order valence-corrected chi connectivity index (χ3v) is 6.15. The maximum absolute atomic E-state index is 12.9. The average molecular weight is 384 g/mol. The van der Waals surface area contributed by atoms with Gasteiger partial charge in [-0.2, -0.15) is 0 Å². The van der Waals surface area contributed by atoms with Crippen LogP contribution in [0.5, 0.6) is 0 Å². The lowest BCUT2D eigenvalue weighted by Gasteiger charge is -2.15. The number of nitrogens with zero attached hydrogens (tertiary/aromatic N) is 1. The molecule has 6 nitrogen and oxygen atoms in total. The highest BCUT2D eigenvalue weighted by Gasteiger charge is 2.41. The van der Waals surface area contributed by atoms with E-state index < -0.39 is 11.9 Å². The molecule has 0 bridgehead atoms. The highest BCUT2D eigenvalue weighted by molar-refractivity contribution is 7.18. The largest absolute Gasteiger partial charge is 0.481 e. The van der Waals surface area contributed by atoms with E-state index in [2.05, 4.69) is 5.32 Å². The molecule has 1 saturated carbocycles. The fourth-order valence-corrected chi connectivity index (χ4v) is 4.38. The number of carboxylic acid groups (broad SMARTS) is 1. The van der Waals surface area contributed by atoms with Crippen molar-refractivity contribution in [2.75, 3.05) is 18.4 Å². The van der Waals surface area contributed by atoms with Crippen molar-refractivity contribution in [2.45, 2.75) is 18.8 Å². The van der Waals surface area contributed by atoms with Crippen molar-refractivity contribution in [1.82, 2.24) is 4.90 Å². The summed E-state index contributed by atoms with van der Waals surface area (Å²) in [7, 11) is 0. The van der Waals surface area contributed by atoms with Crippen molar-refractivity contribution in [3.63, 3.8) is 0 Å². The Balaban J connectivity index is 1.48. The van der Waals surface area contributed by atoms with E-state index in [1.54, 1.807) is 17.0 Å². The molecule has 2 N–H and O–H groups in total. The molecule has 0 unspecified atom stereocenters. The number of aliphatic carboxylic acids is 1. The van der Waals surface area contributed by atoms with Crippen LogP contribution in [-0.4, -0.2) is 40.9 Å². The summed E-state index contributed by atoms with van der Waals surface area (Å²) < 4.78 is 0. The third-order valence-electron chi connectivity index (χ3n) is 5.16. The molecule has 2 aromatic rings. The van der Waals surface area contributed by atoms with Gasteiger partial charge in [0.25, 0.3) is 5.91 Å². The Morgan fingerprint density at radius 1 is 1.04 bits per heavy atom. The summed E-state index contributed by atoms with van der Waals surface area (Å²) in [4.78, 5) is 38.6. The summed E-state index contributed by atoms with van der Waals surface area (Å²) in [5.41, 5.74) is 0.934. The number of benzene rings is 1. The van der Waals surface area contributed by atoms with E-state index in [1.165, 1.54) is 11.3 Å². The number of rotatable bonds is 5. The number of carboxylic acids is 1. The predicted molar refractivity (Wildman–Crippen MR) is 102 cm³/mol. The zero-order chi connectivity index (χ0) is 19.0. The molecular weight excluding hydrogens is 364 g/mol. The van der Waals surface area contributed by atoms with Crippen LogP contribution in [0, 0.1) is 11.8 Å². The summed E-state index contributed by atoms with van der Waals surface area (Å²) in [5, 5.41) is 13.1. The topological polar surface area (TPSA) is 86.7 Å². The fourth-order valence-electron chi connectivity index (χ4n) is 3.50. The maximum atomic E-state index is 12.9. The molecule has 1 aromatic carbocycles. The van der Waals surface area contributed by atoms with E-state index >= 15 is 0 Å². The van der Waals surface area contributed by atoms with Crippen molar-refractivity contribution < 1.29 is 19.5 Å². The maximum Gasteiger partial charge on any atom is 0.308 e. The molecule has 2 atom stereocenters. The Morgan fingerprint density at radius 2 is 1.78 bits per heavy atom. The van der Waals surface area contributed by atoms with Gasteiger partial charge in [-0.25, -0.2) is 0 Å². The van der Waals surface area contributed by atoms with Gasteiger partial charge in [0.15, 0.2) is 0 Å². The highest BCUT2D eigenvalue weighted by Crippen LogP contribution is 2.35. The van der Waals surface area contributed by atoms with Crippen molar-refractivity contribution in [1.29, 1.82) is 0 Å². The van der Waals surface area contributed by atoms with E-state index in [0.717, 1.165) is 18.4 Å². The zero-order valence-electron chi connectivity index (χ0n) is 14.6. The van der Waals surface area contributed by atoms with Crippen LogP contribution in [0.25, 0.3) is 0 Å². The number of anilines is 1. The Hall–Kier alpha value is -2.67. The van der Waals surface area contributed by atoms with Crippen LogP contribution < -0.4 is 5.32 Å². The molecule has 2 aliphatic rings. The first-order valence-corrected chi connectivity index (χ1v) is 9.82. The van der Waals surface area contributed by atoms with Gasteiger partial charge in [0.05, 0.1) is 15.8 Å². The Bertz CT molecular complexity index is 875. The smallest absolute Gasteiger partial charge is 0.308 e. The lowest BCUT2D eigenvalue weighted by Crippen LogP contribution is -2.29. The van der Waals surface area contributed by atoms with E-state index in [0.29, 0.717) is 16.4 Å². The van der Waals surface area contributed by atoms with Gasteiger partial charge in [-0.1, -0.05) is 30.3 Å². The van der Waals surface area contributed by atoms with E-state index in [1.807, 2.05) is 30.3 Å². The lowest BCUT2D eigenvalue weighted by atomic mass is 9.89. The van der Waals surface area contributed by atoms with Crippen LogP contribution in [0.2, 0.25) is 0 Å². The number of carbonyl (C=O) groups is 3. The Labute approximate surface area is 160 Å². The molecule has 1 aliphatic carbocycles. The molecule has 1 saturated heterocycles. The second-order valence-electron chi connectivity index (χ2n) is 7.10. The van der Waals surface area contributed by atoms with Gasteiger partial charge in [0, 0.05) is 24.9 Å². The standard InChI is InChI=1S/C20H20N2O4S/c23-18(13-6-7-13)21-17-9-8-16(27-17)19(24)22-10-14(15(11-22)20(25)26)12-4-2-1-3-5-12/h1-5,8-9,13-15H,6-7,10-11H2,(H,21,23)(H,25,26)/t14-,15+/m0/s1. The van der Waals surface area contributed by atoms with Crippen LogP contribution in [0.15, 0.2) is 42.5 Å². The summed E-state index contributed by atoms with van der Waals surface area (Å²) in [6.45, 7) is 0.566. The number of thiophene rings is 1. The summed E-state index contributed by atoms with van der Waals surface area (Å²) >= 11 is 1.24. The number of carbonyl (C=O) groups excluding carboxylic acids is 2. The molecule has 2 amide bonds. The van der Waals surface area contributed by atoms with E-state index in [4.69, 9.17) is 0 Å². The Kier molecular flexibility index (Phi) is 4.70. The van der Waals surface area contributed by atoms with Crippen LogP contribution in [0.4, 0.5) is 5.00 Å². The molecule has 7 heteroatoms. The van der Waals surface area contributed by atoms with Crippen molar-refractivity contribution >= 4 is 34.1 Å². The van der Waals surface area contributed by atoms with Gasteiger partial charge in [0.1, 0.15) is 0 Å². The van der Waals surface area contributed by atoms with E-state index in [-0.39, 0.29) is 30.2 Å². The summed E-state index contributed by atoms with van der Waals surface area (Å²) in [6.07, 6.45) is 1.85. The molecule has 1 aromatic heterocycles. The monoisotopic (exact) mass is 384 g/mol. The van der Waals surface area contributed by atoms with E-state index in [9.17, 15) is 19.5 Å². The van der Waals surface area contributed by atoms with Crippen LogP contribution >= 0.6 is 11.3 Å². The van der Waals surface area contributed by atoms with Crippen molar-refractivity contribution in [2.24, 2.45) is 11.8 Å². The first-order valence-electron chi connectivity index (χ1n) is 9.00. The second kappa shape index (κ2) is 7.15. The van der Waals surface area contributed by atoms with Crippen LogP contribution in [0.1, 0.15) is 34.0 Å². The highest BCUT2D eigenvalue weighted by atomic mass is 32.1. The molecule has 1 aliphatic heterocycles. The van der Waals surface area contributed by atoms with Crippen LogP contribution in [-0.2, 0) is 9.59 Å². The minimum atomic E-state index is -0.886. The molecule has 4 rings (SSSR count). The lowest BCUT2D eigenvalue weighted by molar-refractivity contribution is -0.141.